The Morgan fingerprint density at radius 2 is 1.63 bits per heavy atom. The Hall–Kier alpha value is -6.73. The molecule has 4 heterocycles. The largest absolute Gasteiger partial charge is 0.461 e. The zero-order valence-electron chi connectivity index (χ0n) is 34.8. The number of carbonyl (C=O) groups is 2. The van der Waals surface area contributed by atoms with Gasteiger partial charge in [0.1, 0.15) is 36.2 Å². The fraction of sp³-hybridized carbons (Fsp3) is 0.318. The molecule has 4 aromatic heterocycles. The van der Waals surface area contributed by atoms with Gasteiger partial charge in [-0.1, -0.05) is 32.0 Å². The van der Waals surface area contributed by atoms with Gasteiger partial charge >= 0.3 is 11.7 Å². The van der Waals surface area contributed by atoms with Crippen LogP contribution in [0.25, 0.3) is 27.8 Å². The number of amides is 1. The molecule has 7 rings (SSSR count). The molecule has 0 saturated heterocycles. The van der Waals surface area contributed by atoms with Gasteiger partial charge < -0.3 is 14.8 Å². The van der Waals surface area contributed by atoms with Crippen LogP contribution < -0.4 is 21.3 Å². The number of rotatable bonds is 14. The van der Waals surface area contributed by atoms with Crippen LogP contribution in [0.1, 0.15) is 67.7 Å². The Balaban J connectivity index is 1.06. The Morgan fingerprint density at radius 3 is 2.30 bits per heavy atom. The number of sulfonamides is 1. The number of nitrogens with zero attached hydrogens (tertiary/aromatic N) is 6. The highest BCUT2D eigenvalue weighted by Gasteiger charge is 2.32. The van der Waals surface area contributed by atoms with Crippen molar-refractivity contribution in [3.05, 3.63) is 135 Å². The van der Waals surface area contributed by atoms with Gasteiger partial charge in [-0.2, -0.15) is 0 Å². The second-order valence-electron chi connectivity index (χ2n) is 16.0. The van der Waals surface area contributed by atoms with E-state index < -0.39 is 68.2 Å². The van der Waals surface area contributed by atoms with Crippen molar-refractivity contribution >= 4 is 38.5 Å². The lowest BCUT2D eigenvalue weighted by Gasteiger charge is -2.34. The van der Waals surface area contributed by atoms with E-state index in [1.54, 1.807) is 18.5 Å². The first kappa shape index (κ1) is 44.3. The quantitative estimate of drug-likeness (QED) is 0.132. The van der Waals surface area contributed by atoms with E-state index in [-0.39, 0.29) is 41.0 Å². The molecule has 19 heteroatoms. The molecule has 328 valence electrons. The topological polar surface area (TPSA) is 206 Å². The van der Waals surface area contributed by atoms with E-state index in [2.05, 4.69) is 39.1 Å². The first-order chi connectivity index (χ1) is 30.0. The highest BCUT2D eigenvalue weighted by atomic mass is 32.2. The maximum Gasteiger partial charge on any atom is 0.337 e. The predicted molar refractivity (Wildman–Crippen MR) is 227 cm³/mol. The van der Waals surface area contributed by atoms with Crippen LogP contribution in [-0.4, -0.2) is 68.6 Å². The van der Waals surface area contributed by atoms with Crippen LogP contribution in [0.5, 0.6) is 0 Å². The molecule has 1 aliphatic rings. The number of anilines is 1. The lowest BCUT2D eigenvalue weighted by molar-refractivity contribution is -0.154. The second-order valence-corrected chi connectivity index (χ2v) is 17.7. The van der Waals surface area contributed by atoms with Crippen molar-refractivity contribution in [3.63, 3.8) is 0 Å². The van der Waals surface area contributed by atoms with E-state index in [0.29, 0.717) is 53.0 Å². The number of halogens is 2. The minimum absolute atomic E-state index is 0.0541. The minimum atomic E-state index is -4.42. The van der Waals surface area contributed by atoms with Crippen LogP contribution in [0, 0.1) is 17.0 Å². The molecule has 1 amide bonds. The third-order valence-electron chi connectivity index (χ3n) is 11.0. The molecule has 0 radical (unpaired) electrons. The van der Waals surface area contributed by atoms with Crippen LogP contribution in [0.3, 0.4) is 0 Å². The van der Waals surface area contributed by atoms with Crippen LogP contribution >= 0.6 is 0 Å². The number of hydrogen-bond acceptors (Lipinski definition) is 12. The van der Waals surface area contributed by atoms with E-state index in [1.807, 2.05) is 4.72 Å². The molecule has 63 heavy (non-hydrogen) atoms. The molecular weight excluding hydrogens is 839 g/mol. The van der Waals surface area contributed by atoms with E-state index in [4.69, 9.17) is 9.47 Å². The summed E-state index contributed by atoms with van der Waals surface area (Å²) < 4.78 is 72.7. The Labute approximate surface area is 360 Å². The molecule has 0 aliphatic heterocycles. The summed E-state index contributed by atoms with van der Waals surface area (Å²) in [5.74, 6) is -3.89. The van der Waals surface area contributed by atoms with Crippen molar-refractivity contribution in [2.75, 3.05) is 11.8 Å². The summed E-state index contributed by atoms with van der Waals surface area (Å²) in [4.78, 5) is 70.1. The van der Waals surface area contributed by atoms with Crippen LogP contribution in [-0.2, 0) is 44.4 Å². The molecule has 1 aliphatic carbocycles. The van der Waals surface area contributed by atoms with Gasteiger partial charge in [-0.3, -0.25) is 23.9 Å². The number of aryl methyl sites for hydroxylation is 2. The summed E-state index contributed by atoms with van der Waals surface area (Å²) >= 11 is 0. The average Bonchev–Trinajstić information content (AvgIpc) is 3.27. The fourth-order valence-corrected chi connectivity index (χ4v) is 8.32. The molecule has 1 saturated carbocycles. The second kappa shape index (κ2) is 18.3. The van der Waals surface area contributed by atoms with Crippen LogP contribution in [0.15, 0.2) is 100 Å². The van der Waals surface area contributed by atoms with Crippen molar-refractivity contribution in [2.45, 2.75) is 76.0 Å². The van der Waals surface area contributed by atoms with E-state index in [1.165, 1.54) is 73.7 Å². The van der Waals surface area contributed by atoms with E-state index >= 15 is 8.78 Å². The van der Waals surface area contributed by atoms with Gasteiger partial charge in [0, 0.05) is 50.6 Å². The van der Waals surface area contributed by atoms with E-state index in [0.717, 1.165) is 17.4 Å². The average molecular weight is 883 g/mol. The van der Waals surface area contributed by atoms with Crippen molar-refractivity contribution in [1.29, 1.82) is 0 Å². The third kappa shape index (κ3) is 9.99. The molecular formula is C44H44F2N8O8S. The number of fused-ring (bicyclic) bond motifs is 1. The molecule has 0 spiro atoms. The van der Waals surface area contributed by atoms with Gasteiger partial charge in [-0.05, 0) is 85.4 Å². The smallest absolute Gasteiger partial charge is 0.337 e. The molecule has 2 aromatic carbocycles. The number of carbonyl (C=O) groups excluding carboxylic acids is 2. The summed E-state index contributed by atoms with van der Waals surface area (Å²) in [5, 5.41) is 2.75. The molecule has 1 fully saturated rings. The number of hydrogen-bond donors (Lipinski definition) is 2. The summed E-state index contributed by atoms with van der Waals surface area (Å²) in [6.45, 7) is 4.48. The SMILES string of the molecule is COCc1ncc(-c2ccc(S(=O)(=O)Nc3cc(F)c(C(=O)N[C@@H](CCc4ccc(-n5c(=O)c6ccncc6n(C)c5=O)nc4)C(=O)OC4CCC(C)(C)CC4)cc3F)cc2)cn1. The van der Waals surface area contributed by atoms with Crippen LogP contribution in [0.4, 0.5) is 14.5 Å². The molecule has 6 aromatic rings. The van der Waals surface area contributed by atoms with Gasteiger partial charge in [0.05, 0.1) is 33.2 Å². The molecule has 16 nitrogen and oxygen atoms in total. The maximum absolute atomic E-state index is 15.6. The maximum atomic E-state index is 15.6. The Morgan fingerprint density at radius 1 is 0.921 bits per heavy atom. The van der Waals surface area contributed by atoms with Crippen molar-refractivity contribution < 1.29 is 36.3 Å². The summed E-state index contributed by atoms with van der Waals surface area (Å²) in [7, 11) is -1.40. The Bertz CT molecular complexity index is 2900. The number of esters is 1. The number of benzene rings is 2. The third-order valence-corrected chi connectivity index (χ3v) is 12.4. The number of pyridine rings is 2. The van der Waals surface area contributed by atoms with Gasteiger partial charge in [0.25, 0.3) is 21.5 Å². The van der Waals surface area contributed by atoms with Crippen molar-refractivity contribution in [1.82, 2.24) is 34.4 Å². The predicted octanol–water partition coefficient (Wildman–Crippen LogP) is 5.41. The number of methoxy groups -OCH3 is 1. The minimum Gasteiger partial charge on any atom is -0.461 e. The zero-order valence-corrected chi connectivity index (χ0v) is 35.6. The van der Waals surface area contributed by atoms with Gasteiger partial charge in [-0.15, -0.1) is 0 Å². The van der Waals surface area contributed by atoms with Crippen molar-refractivity contribution in [3.8, 4) is 16.9 Å². The summed E-state index contributed by atoms with van der Waals surface area (Å²) in [6, 6.07) is 9.92. The number of nitrogens with one attached hydrogen (secondary N) is 2. The zero-order chi connectivity index (χ0) is 45.1. The van der Waals surface area contributed by atoms with Crippen LogP contribution in [0.2, 0.25) is 0 Å². The molecule has 0 bridgehead atoms. The first-order valence-electron chi connectivity index (χ1n) is 20.0. The number of ether oxygens (including phenoxy) is 2. The summed E-state index contributed by atoms with van der Waals surface area (Å²) in [6.07, 6.45) is 9.90. The van der Waals surface area contributed by atoms with Gasteiger partial charge in [0.15, 0.2) is 5.82 Å². The molecule has 0 unspecified atom stereocenters. The highest BCUT2D eigenvalue weighted by Crippen LogP contribution is 2.36. The summed E-state index contributed by atoms with van der Waals surface area (Å²) in [5.41, 5.74) is -0.522. The molecule has 2 N–H and O–H groups in total. The van der Waals surface area contributed by atoms with Crippen molar-refractivity contribution in [2.24, 2.45) is 12.5 Å². The fourth-order valence-electron chi connectivity index (χ4n) is 7.26. The number of aromatic nitrogens is 6. The molecule has 1 atom stereocenters. The van der Waals surface area contributed by atoms with Gasteiger partial charge in [0.2, 0.25) is 0 Å². The van der Waals surface area contributed by atoms with Gasteiger partial charge in [-0.25, -0.2) is 46.3 Å². The highest BCUT2D eigenvalue weighted by molar-refractivity contribution is 7.92. The lowest BCUT2D eigenvalue weighted by atomic mass is 9.76. The standard InChI is InChI=1S/C44H44F2N8O8S/c1-44(2)16-13-29(14-17-44)62-42(57)35(11-5-26-6-12-39(50-21-26)54-41(56)31-15-18-47-24-37(31)53(3)43(54)58)51-40(55)32-19-34(46)36(20-33(32)45)52-63(59,60)30-9-7-27(8-10-30)28-22-48-38(25-61-4)49-23-28/h6-10,12,15,18-24,29,35,52H,5,11,13-14,16-17,25H2,1-4H3,(H,51,55)/t35-/m0/s1. The normalized spacial score (nSPS) is 14.6. The van der Waals surface area contributed by atoms with E-state index in [9.17, 15) is 27.6 Å². The first-order valence-corrected chi connectivity index (χ1v) is 21.5. The monoisotopic (exact) mass is 882 g/mol. The lowest BCUT2D eigenvalue weighted by Crippen LogP contribution is -2.44. The Kier molecular flexibility index (Phi) is 12.9.